The van der Waals surface area contributed by atoms with E-state index >= 15 is 0 Å². The summed E-state index contributed by atoms with van der Waals surface area (Å²) in [6.07, 6.45) is 9.00. The first-order valence-corrected chi connectivity index (χ1v) is 15.6. The second-order valence-electron chi connectivity index (χ2n) is 11.4. The number of benzene rings is 2. The lowest BCUT2D eigenvalue weighted by Gasteiger charge is -2.24. The Balaban J connectivity index is 1.84. The summed E-state index contributed by atoms with van der Waals surface area (Å²) < 4.78 is 22.3. The molecule has 11 nitrogen and oxygen atoms in total. The summed E-state index contributed by atoms with van der Waals surface area (Å²) in [4.78, 5) is 43.3. The maximum Gasteiger partial charge on any atom is 0.342 e. The Labute approximate surface area is 274 Å². The number of hydrogen-bond donors (Lipinski definition) is 3. The number of esters is 1. The molecule has 0 saturated heterocycles. The first-order chi connectivity index (χ1) is 22.7. The van der Waals surface area contributed by atoms with Gasteiger partial charge in [-0.05, 0) is 79.6 Å². The van der Waals surface area contributed by atoms with E-state index < -0.39 is 23.7 Å². The molecule has 0 bridgehead atoms. The highest BCUT2D eigenvalue weighted by molar-refractivity contribution is 5.98. The molecule has 0 saturated carbocycles. The number of fused-ring (bicyclic) bond motifs is 1. The van der Waals surface area contributed by atoms with Gasteiger partial charge in [0.25, 0.3) is 0 Å². The van der Waals surface area contributed by atoms with Gasteiger partial charge in [-0.2, -0.15) is 0 Å². The number of allylic oxidation sites excluding steroid dienone is 1. The van der Waals surface area contributed by atoms with E-state index in [0.717, 1.165) is 5.56 Å². The van der Waals surface area contributed by atoms with Crippen LogP contribution in [0.3, 0.4) is 0 Å². The topological polar surface area (TPSA) is 154 Å². The number of methoxy groups -OCH3 is 3. The standard InChI is InChI=1S/C36H42N2O9/c1-22-9-8-12-26(39)11-7-5-6-10-24-17-28(40)33(34(42)32(24)36(43)47-22)27(20-31(41)38-21-23-13-15-37-16-14-23)25-18-29(44-2)35(46-4)30(19-25)45-3/h6,10,13-19,22,27,40,42H,5,7-9,11-12,20-21H2,1-4H3,(H,38,41)/b10-6+/t22-,27?/m0/s1. The van der Waals surface area contributed by atoms with E-state index in [1.165, 1.54) is 27.4 Å². The van der Waals surface area contributed by atoms with Crippen LogP contribution in [0.5, 0.6) is 28.7 Å². The van der Waals surface area contributed by atoms with Gasteiger partial charge in [0.15, 0.2) is 11.5 Å². The first-order valence-electron chi connectivity index (χ1n) is 15.6. The fraction of sp³-hybridized carbons (Fsp3) is 0.389. The lowest BCUT2D eigenvalue weighted by molar-refractivity contribution is -0.121. The number of amides is 1. The Morgan fingerprint density at radius 2 is 1.70 bits per heavy atom. The average Bonchev–Trinajstić information content (AvgIpc) is 3.05. The molecular weight excluding hydrogens is 604 g/mol. The van der Waals surface area contributed by atoms with Crippen molar-refractivity contribution < 1.29 is 43.5 Å². The molecule has 2 atom stereocenters. The Morgan fingerprint density at radius 1 is 1.02 bits per heavy atom. The second kappa shape index (κ2) is 16.5. The van der Waals surface area contributed by atoms with Gasteiger partial charge in [0.1, 0.15) is 22.8 Å². The number of nitrogens with one attached hydrogen (secondary N) is 1. The molecule has 1 amide bonds. The number of aromatic nitrogens is 1. The van der Waals surface area contributed by atoms with Crippen LogP contribution < -0.4 is 19.5 Å². The smallest absolute Gasteiger partial charge is 0.342 e. The van der Waals surface area contributed by atoms with Crippen molar-refractivity contribution in [2.75, 3.05) is 21.3 Å². The molecule has 0 fully saturated rings. The van der Waals surface area contributed by atoms with Crippen molar-refractivity contribution in [3.05, 3.63) is 76.6 Å². The first kappa shape index (κ1) is 34.8. The van der Waals surface area contributed by atoms with E-state index in [-0.39, 0.29) is 47.1 Å². The Morgan fingerprint density at radius 3 is 2.36 bits per heavy atom. The summed E-state index contributed by atoms with van der Waals surface area (Å²) in [5.74, 6) is -1.89. The van der Waals surface area contributed by atoms with Crippen molar-refractivity contribution in [2.45, 2.75) is 70.4 Å². The Bertz CT molecular complexity index is 1580. The molecular formula is C36H42N2O9. The summed E-state index contributed by atoms with van der Waals surface area (Å²) in [6, 6.07) is 8.20. The summed E-state index contributed by atoms with van der Waals surface area (Å²) in [6.45, 7) is 1.96. The molecule has 3 N–H and O–H groups in total. The zero-order valence-corrected chi connectivity index (χ0v) is 27.2. The number of carbonyl (C=O) groups excluding carboxylic acids is 3. The number of aromatic hydroxyl groups is 2. The van der Waals surface area contributed by atoms with Crippen LogP contribution >= 0.6 is 0 Å². The number of phenolic OH excluding ortho intramolecular Hbond substituents is 2. The van der Waals surface area contributed by atoms with Gasteiger partial charge in [-0.3, -0.25) is 14.6 Å². The van der Waals surface area contributed by atoms with Gasteiger partial charge in [0.2, 0.25) is 11.7 Å². The van der Waals surface area contributed by atoms with E-state index in [2.05, 4.69) is 10.3 Å². The van der Waals surface area contributed by atoms with Crippen molar-refractivity contribution >= 4 is 23.7 Å². The summed E-state index contributed by atoms with van der Waals surface area (Å²) in [5.41, 5.74) is 1.36. The van der Waals surface area contributed by atoms with Gasteiger partial charge in [-0.1, -0.05) is 12.2 Å². The van der Waals surface area contributed by atoms with Gasteiger partial charge in [-0.15, -0.1) is 0 Å². The molecule has 1 unspecified atom stereocenters. The van der Waals surface area contributed by atoms with E-state index in [9.17, 15) is 24.6 Å². The predicted octanol–water partition coefficient (Wildman–Crippen LogP) is 5.84. The van der Waals surface area contributed by atoms with Gasteiger partial charge in [0, 0.05) is 49.7 Å². The molecule has 4 rings (SSSR count). The molecule has 47 heavy (non-hydrogen) atoms. The molecule has 0 spiro atoms. The van der Waals surface area contributed by atoms with Crippen LogP contribution in [0.2, 0.25) is 0 Å². The molecule has 1 aromatic heterocycles. The fourth-order valence-electron chi connectivity index (χ4n) is 5.67. The summed E-state index contributed by atoms with van der Waals surface area (Å²) >= 11 is 0. The monoisotopic (exact) mass is 646 g/mol. The van der Waals surface area contributed by atoms with Crippen LogP contribution in [0.1, 0.15) is 90.4 Å². The third kappa shape index (κ3) is 8.81. The third-order valence-corrected chi connectivity index (χ3v) is 8.12. The molecule has 250 valence electrons. The van der Waals surface area contributed by atoms with Crippen molar-refractivity contribution in [1.82, 2.24) is 10.3 Å². The number of ether oxygens (including phenoxy) is 4. The molecule has 0 radical (unpaired) electrons. The fourth-order valence-corrected chi connectivity index (χ4v) is 5.67. The van der Waals surface area contributed by atoms with Crippen molar-refractivity contribution in [3.63, 3.8) is 0 Å². The molecule has 3 aromatic rings. The van der Waals surface area contributed by atoms with Crippen LogP contribution in [-0.4, -0.2) is 60.3 Å². The van der Waals surface area contributed by atoms with Gasteiger partial charge < -0.3 is 34.5 Å². The molecule has 0 aliphatic carbocycles. The maximum absolute atomic E-state index is 13.7. The lowest BCUT2D eigenvalue weighted by atomic mass is 9.84. The van der Waals surface area contributed by atoms with Gasteiger partial charge in [-0.25, -0.2) is 4.79 Å². The highest BCUT2D eigenvalue weighted by atomic mass is 16.5. The van der Waals surface area contributed by atoms with Crippen molar-refractivity contribution in [2.24, 2.45) is 0 Å². The highest BCUT2D eigenvalue weighted by Gasteiger charge is 2.32. The lowest BCUT2D eigenvalue weighted by Crippen LogP contribution is -2.25. The van der Waals surface area contributed by atoms with E-state index in [1.807, 2.05) is 0 Å². The van der Waals surface area contributed by atoms with Crippen LogP contribution in [0.25, 0.3) is 6.08 Å². The molecule has 11 heteroatoms. The molecule has 2 heterocycles. The van der Waals surface area contributed by atoms with E-state index in [4.69, 9.17) is 18.9 Å². The van der Waals surface area contributed by atoms with Crippen molar-refractivity contribution in [3.8, 4) is 28.7 Å². The number of Topliss-reactive ketones (excluding diaryl/α,β-unsaturated/α-hetero) is 1. The summed E-state index contributed by atoms with van der Waals surface area (Å²) in [5, 5.41) is 26.2. The third-order valence-electron chi connectivity index (χ3n) is 8.12. The van der Waals surface area contributed by atoms with Crippen LogP contribution in [0, 0.1) is 0 Å². The number of ketones is 1. The molecule has 1 aliphatic heterocycles. The zero-order valence-electron chi connectivity index (χ0n) is 27.2. The average molecular weight is 647 g/mol. The van der Waals surface area contributed by atoms with E-state index in [1.54, 1.807) is 55.7 Å². The van der Waals surface area contributed by atoms with Crippen LogP contribution in [0.15, 0.2) is 48.8 Å². The minimum absolute atomic E-state index is 0.0400. The van der Waals surface area contributed by atoms with Crippen molar-refractivity contribution in [1.29, 1.82) is 0 Å². The number of phenols is 2. The Kier molecular flexibility index (Phi) is 12.2. The summed E-state index contributed by atoms with van der Waals surface area (Å²) in [7, 11) is 4.38. The minimum atomic E-state index is -0.972. The normalized spacial score (nSPS) is 17.0. The number of nitrogens with zero attached hydrogens (tertiary/aromatic N) is 1. The minimum Gasteiger partial charge on any atom is -0.507 e. The SMILES string of the molecule is COc1cc(C(CC(=O)NCc2ccncc2)c2c(O)cc3c(c2O)C(=O)O[C@@H](C)CCCC(=O)CCC/C=C/3)cc(OC)c1OC. The second-order valence-corrected chi connectivity index (χ2v) is 11.4. The number of pyridine rings is 1. The number of carbonyl (C=O) groups is 3. The van der Waals surface area contributed by atoms with Gasteiger partial charge in [0.05, 0.1) is 27.4 Å². The number of hydrogen-bond acceptors (Lipinski definition) is 10. The Hall–Kier alpha value is -5.06. The van der Waals surface area contributed by atoms with Crippen LogP contribution in [0.4, 0.5) is 0 Å². The largest absolute Gasteiger partial charge is 0.507 e. The van der Waals surface area contributed by atoms with Gasteiger partial charge >= 0.3 is 5.97 Å². The highest BCUT2D eigenvalue weighted by Crippen LogP contribution is 2.47. The predicted molar refractivity (Wildman–Crippen MR) is 175 cm³/mol. The maximum atomic E-state index is 13.7. The van der Waals surface area contributed by atoms with E-state index in [0.29, 0.717) is 61.3 Å². The molecule has 1 aliphatic rings. The quantitative estimate of drug-likeness (QED) is 0.242. The van der Waals surface area contributed by atoms with Crippen LogP contribution in [-0.2, 0) is 20.9 Å². The number of cyclic esters (lactones) is 1. The zero-order chi connectivity index (χ0) is 33.9. The number of rotatable bonds is 9. The molecule has 2 aromatic carbocycles.